The topological polar surface area (TPSA) is 68.7 Å². The molecule has 25 heavy (non-hydrogen) atoms. The molecule has 0 aliphatic rings. The van der Waals surface area contributed by atoms with E-state index in [1.54, 1.807) is 11.1 Å². The van der Waals surface area contributed by atoms with E-state index in [1.807, 2.05) is 69.2 Å². The van der Waals surface area contributed by atoms with Crippen LogP contribution in [0, 0.1) is 6.92 Å². The lowest BCUT2D eigenvalue weighted by molar-refractivity contribution is 0.128. The van der Waals surface area contributed by atoms with Crippen molar-refractivity contribution in [1.29, 1.82) is 0 Å². The zero-order valence-corrected chi connectivity index (χ0v) is 15.2. The van der Waals surface area contributed by atoms with Crippen molar-refractivity contribution in [2.75, 3.05) is 37.4 Å². The highest BCUT2D eigenvalue weighted by Gasteiger charge is 2.17. The van der Waals surface area contributed by atoms with E-state index < -0.39 is 6.10 Å². The van der Waals surface area contributed by atoms with Crippen LogP contribution in [0.3, 0.4) is 0 Å². The molecule has 1 heterocycles. The van der Waals surface area contributed by atoms with Crippen molar-refractivity contribution in [3.63, 3.8) is 0 Å². The number of urea groups is 1. The third-order valence-electron chi connectivity index (χ3n) is 3.98. The number of benzene rings is 1. The van der Waals surface area contributed by atoms with E-state index in [1.165, 1.54) is 0 Å². The van der Waals surface area contributed by atoms with Crippen LogP contribution in [0.15, 0.2) is 42.6 Å². The third-order valence-corrected chi connectivity index (χ3v) is 3.98. The first kappa shape index (κ1) is 18.7. The Hall–Kier alpha value is -2.60. The average Bonchev–Trinajstić information content (AvgIpc) is 2.60. The molecule has 0 spiro atoms. The van der Waals surface area contributed by atoms with Gasteiger partial charge in [-0.15, -0.1) is 0 Å². The summed E-state index contributed by atoms with van der Waals surface area (Å²) in [5.74, 6) is 0.820. The van der Waals surface area contributed by atoms with Gasteiger partial charge < -0.3 is 20.2 Å². The van der Waals surface area contributed by atoms with Crippen LogP contribution in [0.1, 0.15) is 24.2 Å². The Balaban J connectivity index is 1.99. The molecule has 1 aromatic carbocycles. The minimum atomic E-state index is -0.722. The van der Waals surface area contributed by atoms with Crippen molar-refractivity contribution < 1.29 is 9.90 Å². The summed E-state index contributed by atoms with van der Waals surface area (Å²) < 4.78 is 0. The van der Waals surface area contributed by atoms with E-state index >= 15 is 0 Å². The molecule has 0 saturated carbocycles. The number of carbonyl (C=O) groups excluding carboxylic acids is 1. The maximum absolute atomic E-state index is 12.4. The SMILES string of the molecule is CCN(CC(O)c1ccc(C)cc1)C(=O)Nc1ccc(N(C)C)nc1. The molecule has 6 heteroatoms. The van der Waals surface area contributed by atoms with Crippen LogP contribution in [-0.2, 0) is 0 Å². The number of pyridine rings is 1. The number of nitrogens with one attached hydrogen (secondary N) is 1. The standard InChI is InChI=1S/C19H26N4O2/c1-5-23(13-17(24)15-8-6-14(2)7-9-15)19(25)21-16-10-11-18(20-12-16)22(3)4/h6-12,17,24H,5,13H2,1-4H3,(H,21,25). The molecule has 2 amide bonds. The first-order valence-electron chi connectivity index (χ1n) is 8.34. The Morgan fingerprint density at radius 1 is 1.20 bits per heavy atom. The fourth-order valence-corrected chi connectivity index (χ4v) is 2.39. The van der Waals surface area contributed by atoms with Gasteiger partial charge >= 0.3 is 6.03 Å². The Labute approximate surface area is 149 Å². The molecule has 0 aliphatic carbocycles. The summed E-state index contributed by atoms with van der Waals surface area (Å²) in [5.41, 5.74) is 2.56. The Kier molecular flexibility index (Phi) is 6.36. The van der Waals surface area contributed by atoms with E-state index in [-0.39, 0.29) is 12.6 Å². The van der Waals surface area contributed by atoms with Crippen LogP contribution >= 0.6 is 0 Å². The smallest absolute Gasteiger partial charge is 0.321 e. The summed E-state index contributed by atoms with van der Waals surface area (Å²) in [6.45, 7) is 4.61. The second-order valence-electron chi connectivity index (χ2n) is 6.19. The van der Waals surface area contributed by atoms with Crippen LogP contribution in [-0.4, -0.2) is 48.2 Å². The van der Waals surface area contributed by atoms with E-state index in [0.717, 1.165) is 16.9 Å². The highest BCUT2D eigenvalue weighted by Crippen LogP contribution is 2.17. The monoisotopic (exact) mass is 342 g/mol. The fourth-order valence-electron chi connectivity index (χ4n) is 2.39. The van der Waals surface area contributed by atoms with E-state index in [9.17, 15) is 9.90 Å². The molecular weight excluding hydrogens is 316 g/mol. The number of rotatable bonds is 6. The average molecular weight is 342 g/mol. The van der Waals surface area contributed by atoms with Crippen molar-refractivity contribution >= 4 is 17.5 Å². The van der Waals surface area contributed by atoms with Gasteiger partial charge in [-0.05, 0) is 31.5 Å². The lowest BCUT2D eigenvalue weighted by Gasteiger charge is -2.24. The van der Waals surface area contributed by atoms with Crippen LogP contribution in [0.5, 0.6) is 0 Å². The second-order valence-corrected chi connectivity index (χ2v) is 6.19. The first-order valence-corrected chi connectivity index (χ1v) is 8.34. The number of aromatic nitrogens is 1. The van der Waals surface area contributed by atoms with Crippen molar-refractivity contribution in [3.05, 3.63) is 53.7 Å². The zero-order valence-electron chi connectivity index (χ0n) is 15.2. The molecule has 0 saturated heterocycles. The number of nitrogens with zero attached hydrogens (tertiary/aromatic N) is 3. The van der Waals surface area contributed by atoms with Crippen LogP contribution in [0.25, 0.3) is 0 Å². The molecule has 2 aromatic rings. The summed E-state index contributed by atoms with van der Waals surface area (Å²) in [7, 11) is 3.82. The predicted molar refractivity (Wildman–Crippen MR) is 101 cm³/mol. The normalized spacial score (nSPS) is 11.7. The van der Waals surface area contributed by atoms with Crippen molar-refractivity contribution in [2.45, 2.75) is 20.0 Å². The molecule has 1 unspecified atom stereocenters. The van der Waals surface area contributed by atoms with Crippen LogP contribution in [0.4, 0.5) is 16.3 Å². The van der Waals surface area contributed by atoms with Gasteiger partial charge in [-0.1, -0.05) is 29.8 Å². The number of aliphatic hydroxyl groups excluding tert-OH is 1. The van der Waals surface area contributed by atoms with Gasteiger partial charge in [0.1, 0.15) is 5.82 Å². The maximum atomic E-state index is 12.4. The van der Waals surface area contributed by atoms with Gasteiger partial charge in [0.15, 0.2) is 0 Å². The summed E-state index contributed by atoms with van der Waals surface area (Å²) in [6.07, 6.45) is 0.901. The number of carbonyl (C=O) groups is 1. The Morgan fingerprint density at radius 3 is 2.40 bits per heavy atom. The number of likely N-dealkylation sites (N-methyl/N-ethyl adjacent to an activating group) is 1. The number of aliphatic hydroxyl groups is 1. The molecule has 0 fully saturated rings. The minimum absolute atomic E-state index is 0.231. The quantitative estimate of drug-likeness (QED) is 0.847. The number of amides is 2. The molecule has 1 aromatic heterocycles. The van der Waals surface area contributed by atoms with E-state index in [2.05, 4.69) is 10.3 Å². The van der Waals surface area contributed by atoms with Crippen LogP contribution in [0.2, 0.25) is 0 Å². The number of hydrogen-bond donors (Lipinski definition) is 2. The van der Waals surface area contributed by atoms with Gasteiger partial charge in [-0.3, -0.25) is 0 Å². The molecule has 134 valence electrons. The van der Waals surface area contributed by atoms with Crippen LogP contribution < -0.4 is 10.2 Å². The molecule has 2 N–H and O–H groups in total. The van der Waals surface area contributed by atoms with Crippen molar-refractivity contribution in [2.24, 2.45) is 0 Å². The summed E-state index contributed by atoms with van der Waals surface area (Å²) in [5, 5.41) is 13.2. The molecule has 2 rings (SSSR count). The van der Waals surface area contributed by atoms with Gasteiger partial charge in [-0.25, -0.2) is 9.78 Å². The summed E-state index contributed by atoms with van der Waals surface area (Å²) >= 11 is 0. The van der Waals surface area contributed by atoms with Gasteiger partial charge in [0, 0.05) is 20.6 Å². The largest absolute Gasteiger partial charge is 0.387 e. The van der Waals surface area contributed by atoms with Gasteiger partial charge in [0.05, 0.1) is 24.5 Å². The second kappa shape index (κ2) is 8.48. The number of hydrogen-bond acceptors (Lipinski definition) is 4. The lowest BCUT2D eigenvalue weighted by Crippen LogP contribution is -2.37. The predicted octanol–water partition coefficient (Wildman–Crippen LogP) is 3.04. The molecule has 0 radical (unpaired) electrons. The highest BCUT2D eigenvalue weighted by atomic mass is 16.3. The van der Waals surface area contributed by atoms with Gasteiger partial charge in [0.2, 0.25) is 0 Å². The molecule has 6 nitrogen and oxygen atoms in total. The molecule has 0 aliphatic heterocycles. The van der Waals surface area contributed by atoms with Crippen molar-refractivity contribution in [3.8, 4) is 0 Å². The van der Waals surface area contributed by atoms with E-state index in [0.29, 0.717) is 12.2 Å². The molecule has 0 bridgehead atoms. The number of anilines is 2. The third kappa shape index (κ3) is 5.19. The first-order chi connectivity index (χ1) is 11.9. The minimum Gasteiger partial charge on any atom is -0.387 e. The zero-order chi connectivity index (χ0) is 18.4. The molecular formula is C19H26N4O2. The van der Waals surface area contributed by atoms with Crippen molar-refractivity contribution in [1.82, 2.24) is 9.88 Å². The van der Waals surface area contributed by atoms with Gasteiger partial charge in [0.25, 0.3) is 0 Å². The summed E-state index contributed by atoms with van der Waals surface area (Å²) in [6, 6.07) is 11.1. The lowest BCUT2D eigenvalue weighted by atomic mass is 10.1. The molecule has 1 atom stereocenters. The summed E-state index contributed by atoms with van der Waals surface area (Å²) in [4.78, 5) is 20.2. The number of aryl methyl sites for hydroxylation is 1. The maximum Gasteiger partial charge on any atom is 0.321 e. The Bertz CT molecular complexity index is 684. The van der Waals surface area contributed by atoms with Gasteiger partial charge in [-0.2, -0.15) is 0 Å². The van der Waals surface area contributed by atoms with E-state index in [4.69, 9.17) is 0 Å². The Morgan fingerprint density at radius 2 is 1.88 bits per heavy atom. The fraction of sp³-hybridized carbons (Fsp3) is 0.368. The highest BCUT2D eigenvalue weighted by molar-refractivity contribution is 5.89.